The first-order valence-corrected chi connectivity index (χ1v) is 12.4. The average Bonchev–Trinajstić information content (AvgIpc) is 3.24. The summed E-state index contributed by atoms with van der Waals surface area (Å²) in [6.45, 7) is -0.228. The predicted octanol–water partition coefficient (Wildman–Crippen LogP) is 4.74. The minimum atomic E-state index is -4.85. The highest BCUT2D eigenvalue weighted by atomic mass is 32.2. The van der Waals surface area contributed by atoms with E-state index in [1.165, 1.54) is 6.07 Å². The number of hydrogen-bond acceptors (Lipinski definition) is 5. The highest BCUT2D eigenvalue weighted by Crippen LogP contribution is 2.33. The number of aryl methyl sites for hydroxylation is 1. The number of carbonyl (C=O) groups is 1. The number of aromatic nitrogens is 2. The van der Waals surface area contributed by atoms with Gasteiger partial charge in [-0.2, -0.15) is 17.5 Å². The van der Waals surface area contributed by atoms with Crippen LogP contribution in [0.15, 0.2) is 59.8 Å². The Morgan fingerprint density at radius 3 is 2.38 bits per heavy atom. The summed E-state index contributed by atoms with van der Waals surface area (Å²) in [7, 11) is -4.26. The molecule has 196 valence electrons. The lowest BCUT2D eigenvalue weighted by molar-refractivity contribution is -0.140. The van der Waals surface area contributed by atoms with Gasteiger partial charge in [0.25, 0.3) is 0 Å². The van der Waals surface area contributed by atoms with Crippen molar-refractivity contribution in [2.75, 3.05) is 6.54 Å². The lowest BCUT2D eigenvalue weighted by atomic mass is 10.0. The molecule has 0 bridgehead atoms. The molecule has 3 aromatic rings. The van der Waals surface area contributed by atoms with Crippen LogP contribution < -0.4 is 0 Å². The molecule has 0 N–H and O–H groups in total. The molecule has 2 atom stereocenters. The maximum Gasteiger partial charge on any atom is 0.419 e. The molecule has 0 aliphatic carbocycles. The molecule has 6 nitrogen and oxygen atoms in total. The summed E-state index contributed by atoms with van der Waals surface area (Å²) in [4.78, 5) is 20.5. The zero-order chi connectivity index (χ0) is 27.0. The molecule has 2 aromatic carbocycles. The Morgan fingerprint density at radius 2 is 1.73 bits per heavy atom. The smallest absolute Gasteiger partial charge is 0.298 e. The van der Waals surface area contributed by atoms with Gasteiger partial charge in [0.1, 0.15) is 30.2 Å². The van der Waals surface area contributed by atoms with Crippen molar-refractivity contribution in [1.29, 1.82) is 0 Å². The van der Waals surface area contributed by atoms with Crippen LogP contribution in [0, 0.1) is 11.6 Å². The number of Topliss-reactive ketones (excluding diaryl/α,β-unsaturated/α-hetero) is 1. The molecular weight excluding hydrogens is 524 g/mol. The van der Waals surface area contributed by atoms with Crippen molar-refractivity contribution in [3.8, 4) is 11.3 Å². The Morgan fingerprint density at radius 1 is 1.03 bits per heavy atom. The summed E-state index contributed by atoms with van der Waals surface area (Å²) >= 11 is 0. The van der Waals surface area contributed by atoms with Crippen LogP contribution in [0.25, 0.3) is 11.3 Å². The molecule has 4 rings (SSSR count). The Kier molecular flexibility index (Phi) is 7.38. The van der Waals surface area contributed by atoms with Gasteiger partial charge in [0.05, 0.1) is 16.2 Å². The Labute approximate surface area is 208 Å². The van der Waals surface area contributed by atoms with Crippen molar-refractivity contribution >= 4 is 15.8 Å². The molecule has 1 saturated heterocycles. The van der Waals surface area contributed by atoms with Gasteiger partial charge in [-0.25, -0.2) is 31.6 Å². The summed E-state index contributed by atoms with van der Waals surface area (Å²) in [6.07, 6.45) is -6.04. The van der Waals surface area contributed by atoms with E-state index < -0.39 is 51.4 Å². The second kappa shape index (κ2) is 10.2. The molecule has 0 radical (unpaired) electrons. The molecule has 37 heavy (non-hydrogen) atoms. The van der Waals surface area contributed by atoms with E-state index in [0.717, 1.165) is 41.0 Å². The molecule has 0 saturated carbocycles. The number of halogens is 6. The number of hydrogen-bond donors (Lipinski definition) is 0. The molecule has 0 spiro atoms. The fraction of sp³-hybridized carbons (Fsp3) is 0.292. The molecule has 1 fully saturated rings. The van der Waals surface area contributed by atoms with Crippen LogP contribution in [0.3, 0.4) is 0 Å². The number of nitrogens with zero attached hydrogens (tertiary/aromatic N) is 3. The van der Waals surface area contributed by atoms with Crippen LogP contribution in [0.4, 0.5) is 26.3 Å². The van der Waals surface area contributed by atoms with Crippen molar-refractivity contribution in [3.63, 3.8) is 0 Å². The van der Waals surface area contributed by atoms with Crippen LogP contribution in [0.1, 0.15) is 24.1 Å². The first-order chi connectivity index (χ1) is 17.4. The topological polar surface area (TPSA) is 80.2 Å². The fourth-order valence-electron chi connectivity index (χ4n) is 4.10. The van der Waals surface area contributed by atoms with E-state index in [9.17, 15) is 39.6 Å². The fourth-order valence-corrected chi connectivity index (χ4v) is 5.74. The molecule has 1 aliphatic rings. The second-order valence-electron chi connectivity index (χ2n) is 8.37. The Hall–Kier alpha value is -3.32. The lowest BCUT2D eigenvalue weighted by Crippen LogP contribution is -2.44. The van der Waals surface area contributed by atoms with Gasteiger partial charge in [-0.3, -0.25) is 4.79 Å². The van der Waals surface area contributed by atoms with Gasteiger partial charge >= 0.3 is 6.18 Å². The minimum Gasteiger partial charge on any atom is -0.298 e. The predicted molar refractivity (Wildman–Crippen MR) is 119 cm³/mol. The van der Waals surface area contributed by atoms with Gasteiger partial charge in [-0.1, -0.05) is 6.07 Å². The standard InChI is InChI=1S/C24H19F6N3O3S/c25-15-2-5-17(6-3-15)37(35,36)33-10-9-19(26)23(33)22(34)8-4-16-12-21(32-13-31-16)14-1-7-18(20(27)11-14)24(28,29)30/h1-3,5-7,11-13,19,23H,4,8-10H2/t19-,23-/m0/s1. The lowest BCUT2D eigenvalue weighted by Gasteiger charge is -2.24. The number of benzene rings is 2. The Balaban J connectivity index is 1.49. The number of sulfonamides is 1. The van der Waals surface area contributed by atoms with Crippen LogP contribution >= 0.6 is 0 Å². The highest BCUT2D eigenvalue weighted by molar-refractivity contribution is 7.89. The SMILES string of the molecule is O=C(CCc1cc(-c2ccc(C(F)(F)F)c(F)c2)ncn1)[C@@H]1[C@@H](F)CCN1S(=O)(=O)c1ccc(F)cc1. The van der Waals surface area contributed by atoms with E-state index in [2.05, 4.69) is 9.97 Å². The quantitative estimate of drug-likeness (QED) is 0.402. The van der Waals surface area contributed by atoms with Gasteiger partial charge in [-0.05, 0) is 55.3 Å². The molecular formula is C24H19F6N3O3S. The number of alkyl halides is 4. The van der Waals surface area contributed by atoms with Crippen molar-refractivity contribution in [1.82, 2.24) is 14.3 Å². The third kappa shape index (κ3) is 5.67. The second-order valence-corrected chi connectivity index (χ2v) is 10.3. The summed E-state index contributed by atoms with van der Waals surface area (Å²) < 4.78 is 107. The van der Waals surface area contributed by atoms with Gasteiger partial charge in [-0.15, -0.1) is 0 Å². The zero-order valence-corrected chi connectivity index (χ0v) is 19.7. The van der Waals surface area contributed by atoms with E-state index in [0.29, 0.717) is 12.1 Å². The normalized spacial score (nSPS) is 18.8. The van der Waals surface area contributed by atoms with Gasteiger partial charge < -0.3 is 0 Å². The number of rotatable bonds is 7. The molecule has 0 unspecified atom stereocenters. The minimum absolute atomic E-state index is 0.0505. The van der Waals surface area contributed by atoms with Crippen LogP contribution in [-0.4, -0.2) is 47.2 Å². The molecule has 0 amide bonds. The van der Waals surface area contributed by atoms with Crippen molar-refractivity contribution in [2.45, 2.75) is 42.5 Å². The maximum absolute atomic E-state index is 14.6. The van der Waals surface area contributed by atoms with Crippen molar-refractivity contribution in [3.05, 3.63) is 77.8 Å². The van der Waals surface area contributed by atoms with E-state index >= 15 is 0 Å². The van der Waals surface area contributed by atoms with E-state index in [4.69, 9.17) is 0 Å². The molecule has 1 aromatic heterocycles. The Bertz CT molecular complexity index is 1410. The van der Waals surface area contributed by atoms with Crippen LogP contribution in [0.2, 0.25) is 0 Å². The summed E-state index contributed by atoms with van der Waals surface area (Å²) in [5.74, 6) is -2.82. The monoisotopic (exact) mass is 543 g/mol. The van der Waals surface area contributed by atoms with Gasteiger partial charge in [0.2, 0.25) is 10.0 Å². The van der Waals surface area contributed by atoms with E-state index in [-0.39, 0.29) is 47.7 Å². The molecule has 13 heteroatoms. The summed E-state index contributed by atoms with van der Waals surface area (Å²) in [5.41, 5.74) is -1.000. The molecule has 1 aliphatic heterocycles. The largest absolute Gasteiger partial charge is 0.419 e. The van der Waals surface area contributed by atoms with Gasteiger partial charge in [0, 0.05) is 24.2 Å². The summed E-state index contributed by atoms with van der Waals surface area (Å²) in [5, 5.41) is 0. The maximum atomic E-state index is 14.6. The van der Waals surface area contributed by atoms with E-state index in [1.807, 2.05) is 0 Å². The highest BCUT2D eigenvalue weighted by Gasteiger charge is 2.45. The summed E-state index contributed by atoms with van der Waals surface area (Å²) in [6, 6.07) is 6.06. The van der Waals surface area contributed by atoms with Crippen LogP contribution in [0.5, 0.6) is 0 Å². The van der Waals surface area contributed by atoms with Crippen molar-refractivity contribution < 1.29 is 39.6 Å². The van der Waals surface area contributed by atoms with Crippen LogP contribution in [-0.2, 0) is 27.4 Å². The third-order valence-electron chi connectivity index (χ3n) is 5.95. The van der Waals surface area contributed by atoms with Gasteiger partial charge in [0.15, 0.2) is 5.78 Å². The van der Waals surface area contributed by atoms with E-state index in [1.54, 1.807) is 0 Å². The zero-order valence-electron chi connectivity index (χ0n) is 18.9. The molecule has 2 heterocycles. The first kappa shape index (κ1) is 26.7. The van der Waals surface area contributed by atoms with Crippen molar-refractivity contribution in [2.24, 2.45) is 0 Å². The number of ketones is 1. The third-order valence-corrected chi connectivity index (χ3v) is 7.84. The first-order valence-electron chi connectivity index (χ1n) is 11.0. The number of carbonyl (C=O) groups excluding carboxylic acids is 1. The average molecular weight is 543 g/mol.